The van der Waals surface area contributed by atoms with Crippen LogP contribution in [0.4, 0.5) is 4.79 Å². The lowest BCUT2D eigenvalue weighted by molar-refractivity contribution is -0.129. The Balaban J connectivity index is 1.53. The van der Waals surface area contributed by atoms with Gasteiger partial charge in [0.2, 0.25) is 0 Å². The van der Waals surface area contributed by atoms with E-state index in [1.807, 2.05) is 42.5 Å². The maximum absolute atomic E-state index is 11.9. The van der Waals surface area contributed by atoms with Gasteiger partial charge in [-0.15, -0.1) is 0 Å². The molecular formula is C28H28Br2N2O7. The highest BCUT2D eigenvalue weighted by molar-refractivity contribution is 9.11. The number of hydrogen-bond acceptors (Lipinski definition) is 7. The standard InChI is InChI=1S/C28H28Br2N2O7/c1-36-23-10-8-20(9-11-23)18-39-32-25(27(33)34)15-21-14-22(29)16-24(30)26(21)37-13-5-12-31-28(35)38-17-19-6-3-2-4-7-19/h2-4,6-11,14,16H,5,12-13,15,17-18H2,1H3,(H,31,35)(H,33,34)/b32-25+. The molecule has 39 heavy (non-hydrogen) atoms. The molecule has 3 aromatic carbocycles. The Bertz CT molecular complexity index is 1270. The van der Waals surface area contributed by atoms with Crippen LogP contribution >= 0.6 is 31.9 Å². The van der Waals surface area contributed by atoms with Gasteiger partial charge in [0.25, 0.3) is 0 Å². The van der Waals surface area contributed by atoms with E-state index in [0.717, 1.165) is 15.6 Å². The van der Waals surface area contributed by atoms with E-state index in [1.54, 1.807) is 31.4 Å². The molecule has 0 fully saturated rings. The van der Waals surface area contributed by atoms with Crippen LogP contribution in [0.2, 0.25) is 0 Å². The number of nitrogens with zero attached hydrogens (tertiary/aromatic N) is 1. The second kappa shape index (κ2) is 15.7. The van der Waals surface area contributed by atoms with Crippen molar-refractivity contribution in [1.82, 2.24) is 5.32 Å². The lowest BCUT2D eigenvalue weighted by atomic mass is 10.1. The van der Waals surface area contributed by atoms with Gasteiger partial charge in [0.1, 0.15) is 24.7 Å². The predicted molar refractivity (Wildman–Crippen MR) is 153 cm³/mol. The number of nitrogens with one attached hydrogen (secondary N) is 1. The van der Waals surface area contributed by atoms with E-state index in [4.69, 9.17) is 19.0 Å². The zero-order valence-corrected chi connectivity index (χ0v) is 24.4. The Morgan fingerprint density at radius 3 is 2.38 bits per heavy atom. The number of aliphatic carboxylic acids is 1. The summed E-state index contributed by atoms with van der Waals surface area (Å²) >= 11 is 6.92. The fraction of sp³-hybridized carbons (Fsp3) is 0.250. The SMILES string of the molecule is COc1ccc(CO/N=C(\Cc2cc(Br)cc(Br)c2OCCCNC(=O)OCc2ccccc2)C(=O)O)cc1. The van der Waals surface area contributed by atoms with Gasteiger partial charge in [-0.05, 0) is 57.7 Å². The van der Waals surface area contributed by atoms with Crippen LogP contribution in [0.25, 0.3) is 0 Å². The summed E-state index contributed by atoms with van der Waals surface area (Å²) in [5, 5.41) is 16.3. The fourth-order valence-electron chi connectivity index (χ4n) is 3.35. The molecule has 0 radical (unpaired) electrons. The number of carbonyl (C=O) groups excluding carboxylic acids is 1. The molecule has 0 saturated heterocycles. The summed E-state index contributed by atoms with van der Waals surface area (Å²) in [5.74, 6) is -0.0148. The van der Waals surface area contributed by atoms with Crippen LogP contribution in [0.15, 0.2) is 80.8 Å². The van der Waals surface area contributed by atoms with Crippen molar-refractivity contribution < 1.29 is 33.7 Å². The first-order chi connectivity index (χ1) is 18.9. The number of rotatable bonds is 14. The number of hydrogen-bond donors (Lipinski definition) is 2. The molecule has 3 rings (SSSR count). The summed E-state index contributed by atoms with van der Waals surface area (Å²) in [5.41, 5.74) is 2.14. The third-order valence-electron chi connectivity index (χ3n) is 5.30. The van der Waals surface area contributed by atoms with Gasteiger partial charge >= 0.3 is 12.1 Å². The predicted octanol–water partition coefficient (Wildman–Crippen LogP) is 6.12. The minimum Gasteiger partial charge on any atom is -0.497 e. The molecule has 0 atom stereocenters. The molecule has 0 heterocycles. The molecule has 0 bridgehead atoms. The van der Waals surface area contributed by atoms with Crippen molar-refractivity contribution in [2.24, 2.45) is 5.16 Å². The van der Waals surface area contributed by atoms with Crippen LogP contribution in [0.5, 0.6) is 11.5 Å². The summed E-state index contributed by atoms with van der Waals surface area (Å²) in [6, 6.07) is 20.2. The van der Waals surface area contributed by atoms with Gasteiger partial charge in [-0.2, -0.15) is 0 Å². The molecular weight excluding hydrogens is 636 g/mol. The third-order valence-corrected chi connectivity index (χ3v) is 6.35. The quantitative estimate of drug-likeness (QED) is 0.121. The number of alkyl carbamates (subject to hydrolysis) is 1. The third kappa shape index (κ3) is 10.3. The molecule has 0 unspecified atom stereocenters. The molecule has 0 aliphatic carbocycles. The summed E-state index contributed by atoms with van der Waals surface area (Å²) < 4.78 is 17.7. The number of carboxylic acid groups (broad SMARTS) is 1. The number of benzene rings is 3. The van der Waals surface area contributed by atoms with Gasteiger partial charge in [0, 0.05) is 23.0 Å². The number of amides is 1. The lowest BCUT2D eigenvalue weighted by Crippen LogP contribution is -2.26. The Labute approximate surface area is 243 Å². The van der Waals surface area contributed by atoms with E-state index in [1.165, 1.54) is 0 Å². The Hall–Kier alpha value is -3.57. The van der Waals surface area contributed by atoms with Gasteiger partial charge in [-0.1, -0.05) is 63.6 Å². The molecule has 0 spiro atoms. The summed E-state index contributed by atoms with van der Waals surface area (Å²) in [4.78, 5) is 29.1. The van der Waals surface area contributed by atoms with E-state index in [-0.39, 0.29) is 32.0 Å². The first-order valence-electron chi connectivity index (χ1n) is 12.0. The molecule has 0 aliphatic heterocycles. The number of oxime groups is 1. The number of methoxy groups -OCH3 is 1. The second-order valence-electron chi connectivity index (χ2n) is 8.21. The van der Waals surface area contributed by atoms with Gasteiger partial charge in [0.05, 0.1) is 18.2 Å². The lowest BCUT2D eigenvalue weighted by Gasteiger charge is -2.14. The summed E-state index contributed by atoms with van der Waals surface area (Å²) in [6.45, 7) is 0.917. The van der Waals surface area contributed by atoms with Crippen LogP contribution in [-0.2, 0) is 34.0 Å². The summed E-state index contributed by atoms with van der Waals surface area (Å²) in [6.07, 6.45) is -0.0379. The Morgan fingerprint density at radius 1 is 0.974 bits per heavy atom. The van der Waals surface area contributed by atoms with E-state index in [9.17, 15) is 14.7 Å². The normalized spacial score (nSPS) is 11.0. The first kappa shape index (κ1) is 30.0. The highest BCUT2D eigenvalue weighted by Gasteiger charge is 2.18. The molecule has 11 heteroatoms. The zero-order valence-electron chi connectivity index (χ0n) is 21.2. The average Bonchev–Trinajstić information content (AvgIpc) is 2.93. The van der Waals surface area contributed by atoms with E-state index in [0.29, 0.717) is 34.5 Å². The Morgan fingerprint density at radius 2 is 1.69 bits per heavy atom. The smallest absolute Gasteiger partial charge is 0.407 e. The minimum absolute atomic E-state index is 0.0324. The maximum atomic E-state index is 11.9. The van der Waals surface area contributed by atoms with Crippen molar-refractivity contribution in [3.8, 4) is 11.5 Å². The van der Waals surface area contributed by atoms with Crippen molar-refractivity contribution in [2.75, 3.05) is 20.3 Å². The van der Waals surface area contributed by atoms with Gasteiger partial charge in [-0.3, -0.25) is 0 Å². The fourth-order valence-corrected chi connectivity index (χ4v) is 4.78. The molecule has 0 aromatic heterocycles. The van der Waals surface area contributed by atoms with Gasteiger partial charge in [0.15, 0.2) is 5.71 Å². The molecule has 3 aromatic rings. The van der Waals surface area contributed by atoms with E-state index < -0.39 is 12.1 Å². The second-order valence-corrected chi connectivity index (χ2v) is 9.98. The van der Waals surface area contributed by atoms with Crippen molar-refractivity contribution in [3.63, 3.8) is 0 Å². The molecule has 206 valence electrons. The number of carboxylic acids is 1. The molecule has 1 amide bonds. The minimum atomic E-state index is -1.20. The zero-order chi connectivity index (χ0) is 28.0. The van der Waals surface area contributed by atoms with Crippen molar-refractivity contribution in [1.29, 1.82) is 0 Å². The number of carbonyl (C=O) groups is 2. The average molecular weight is 664 g/mol. The molecule has 0 aliphatic rings. The highest BCUT2D eigenvalue weighted by Crippen LogP contribution is 2.33. The van der Waals surface area contributed by atoms with Gasteiger partial charge in [-0.25, -0.2) is 9.59 Å². The van der Waals surface area contributed by atoms with Crippen molar-refractivity contribution in [3.05, 3.63) is 92.4 Å². The topological polar surface area (TPSA) is 116 Å². The van der Waals surface area contributed by atoms with Gasteiger partial charge < -0.3 is 29.5 Å². The maximum Gasteiger partial charge on any atom is 0.407 e. The van der Waals surface area contributed by atoms with Crippen LogP contribution in [0.3, 0.4) is 0 Å². The Kier molecular flexibility index (Phi) is 12.1. The van der Waals surface area contributed by atoms with Crippen molar-refractivity contribution >= 4 is 49.6 Å². The highest BCUT2D eigenvalue weighted by atomic mass is 79.9. The summed E-state index contributed by atoms with van der Waals surface area (Å²) in [7, 11) is 1.58. The van der Waals surface area contributed by atoms with Crippen LogP contribution in [0, 0.1) is 0 Å². The molecule has 2 N–H and O–H groups in total. The van der Waals surface area contributed by atoms with Crippen LogP contribution in [0.1, 0.15) is 23.1 Å². The molecule has 0 saturated carbocycles. The largest absolute Gasteiger partial charge is 0.497 e. The van der Waals surface area contributed by atoms with Crippen LogP contribution < -0.4 is 14.8 Å². The van der Waals surface area contributed by atoms with E-state index in [2.05, 4.69) is 42.3 Å². The van der Waals surface area contributed by atoms with E-state index >= 15 is 0 Å². The number of halogens is 2. The van der Waals surface area contributed by atoms with Crippen LogP contribution in [-0.4, -0.2) is 43.1 Å². The number of ether oxygens (including phenoxy) is 3. The first-order valence-corrected chi connectivity index (χ1v) is 13.5. The monoisotopic (exact) mass is 662 g/mol. The van der Waals surface area contributed by atoms with Crippen molar-refractivity contribution in [2.45, 2.75) is 26.1 Å². The molecule has 9 nitrogen and oxygen atoms in total.